The number of rotatable bonds is 6. The van der Waals surface area contributed by atoms with Crippen molar-refractivity contribution in [2.75, 3.05) is 12.0 Å². The van der Waals surface area contributed by atoms with Gasteiger partial charge in [0.2, 0.25) is 0 Å². The quantitative estimate of drug-likeness (QED) is 0.165. The first-order valence-corrected chi connectivity index (χ1v) is 16.6. The van der Waals surface area contributed by atoms with Gasteiger partial charge in [0, 0.05) is 38.6 Å². The molecule has 0 unspecified atom stereocenters. The molecule has 51 heavy (non-hydrogen) atoms. The molecule has 0 N–H and O–H groups in total. The molecule has 1 aliphatic rings. The minimum absolute atomic E-state index is 0.393. The predicted octanol–water partition coefficient (Wildman–Crippen LogP) is 9.66. The van der Waals surface area contributed by atoms with E-state index in [1.807, 2.05) is 109 Å². The Balaban J connectivity index is 1.21. The average Bonchev–Trinajstić information content (AvgIpc) is 3.20. The Morgan fingerprint density at radius 3 is 1.63 bits per heavy atom. The predicted molar refractivity (Wildman–Crippen MR) is 201 cm³/mol. The molecule has 0 saturated carbocycles. The van der Waals surface area contributed by atoms with E-state index in [1.165, 1.54) is 4.90 Å². The normalized spacial score (nSPS) is 12.5. The van der Waals surface area contributed by atoms with E-state index >= 15 is 0 Å². The lowest BCUT2D eigenvalue weighted by Crippen LogP contribution is -2.40. The number of imide groups is 1. The molecule has 0 saturated heterocycles. The van der Waals surface area contributed by atoms with E-state index in [2.05, 4.69) is 24.3 Å². The third-order valence-electron chi connectivity index (χ3n) is 9.36. The van der Waals surface area contributed by atoms with E-state index in [0.717, 1.165) is 33.0 Å². The van der Waals surface area contributed by atoms with E-state index in [1.54, 1.807) is 25.3 Å². The standard InChI is InChI=1S/C44H28N4O3/c1-51-37-25-24-36-38-35(43(49)48(44(36)50)33-21-20-28-12-8-9-15-32(28)26-33)23-22-34(39(37)38)42-46-40(30-13-6-3-7-14-30)45-41(47-42)31-18-16-29(17-19-31)27-10-4-2-5-11-27/h2-26H,1H3. The van der Waals surface area contributed by atoms with E-state index in [9.17, 15) is 9.59 Å². The molecule has 2 amide bonds. The van der Waals surface area contributed by atoms with Crippen molar-refractivity contribution in [3.8, 4) is 51.0 Å². The first-order valence-electron chi connectivity index (χ1n) is 16.6. The maximum atomic E-state index is 14.2. The molecule has 2 heterocycles. The number of hydrogen-bond donors (Lipinski definition) is 0. The molecule has 242 valence electrons. The number of aromatic nitrogens is 3. The highest BCUT2D eigenvalue weighted by molar-refractivity contribution is 6.37. The van der Waals surface area contributed by atoms with Crippen molar-refractivity contribution in [1.29, 1.82) is 0 Å². The lowest BCUT2D eigenvalue weighted by Gasteiger charge is -2.28. The first kappa shape index (κ1) is 30.1. The van der Waals surface area contributed by atoms with E-state index in [-0.39, 0.29) is 0 Å². The Kier molecular flexibility index (Phi) is 7.18. The molecule has 7 aromatic carbocycles. The summed E-state index contributed by atoms with van der Waals surface area (Å²) in [6, 6.07) is 48.6. The summed E-state index contributed by atoms with van der Waals surface area (Å²) >= 11 is 0. The number of amides is 2. The van der Waals surface area contributed by atoms with E-state index in [4.69, 9.17) is 19.7 Å². The fraction of sp³-hybridized carbons (Fsp3) is 0.0227. The zero-order chi connectivity index (χ0) is 34.5. The second-order valence-corrected chi connectivity index (χ2v) is 12.3. The zero-order valence-corrected chi connectivity index (χ0v) is 27.4. The van der Waals surface area contributed by atoms with Crippen molar-refractivity contribution in [3.05, 3.63) is 163 Å². The van der Waals surface area contributed by atoms with Gasteiger partial charge in [0.25, 0.3) is 11.8 Å². The topological polar surface area (TPSA) is 85.3 Å². The van der Waals surface area contributed by atoms with Gasteiger partial charge in [-0.3, -0.25) is 9.59 Å². The van der Waals surface area contributed by atoms with Crippen LogP contribution < -0.4 is 9.64 Å². The Morgan fingerprint density at radius 1 is 0.451 bits per heavy atom. The Bertz CT molecular complexity index is 2640. The van der Waals surface area contributed by atoms with Gasteiger partial charge in [-0.15, -0.1) is 0 Å². The summed E-state index contributed by atoms with van der Waals surface area (Å²) in [6.45, 7) is 0. The third kappa shape index (κ3) is 5.11. The number of ether oxygens (including phenoxy) is 1. The minimum Gasteiger partial charge on any atom is -0.496 e. The van der Waals surface area contributed by atoms with Gasteiger partial charge >= 0.3 is 0 Å². The smallest absolute Gasteiger partial charge is 0.265 e. The van der Waals surface area contributed by atoms with Crippen LogP contribution in [0.25, 0.3) is 66.8 Å². The van der Waals surface area contributed by atoms with Crippen molar-refractivity contribution >= 4 is 39.0 Å². The van der Waals surface area contributed by atoms with Crippen LogP contribution in [0.1, 0.15) is 20.7 Å². The second kappa shape index (κ2) is 12.2. The van der Waals surface area contributed by atoms with Crippen LogP contribution in [0.4, 0.5) is 5.69 Å². The van der Waals surface area contributed by atoms with Crippen LogP contribution in [-0.4, -0.2) is 33.9 Å². The van der Waals surface area contributed by atoms with Crippen molar-refractivity contribution in [3.63, 3.8) is 0 Å². The number of carbonyl (C=O) groups is 2. The molecule has 9 rings (SSSR count). The number of nitrogens with zero attached hydrogens (tertiary/aromatic N) is 4. The van der Waals surface area contributed by atoms with Crippen LogP contribution >= 0.6 is 0 Å². The van der Waals surface area contributed by atoms with Crippen LogP contribution in [0.5, 0.6) is 5.75 Å². The molecule has 0 spiro atoms. The van der Waals surface area contributed by atoms with Gasteiger partial charge in [0.05, 0.1) is 12.8 Å². The highest BCUT2D eigenvalue weighted by Crippen LogP contribution is 2.42. The molecule has 1 aromatic heterocycles. The molecule has 0 fully saturated rings. The molecule has 1 aliphatic heterocycles. The van der Waals surface area contributed by atoms with Crippen LogP contribution in [-0.2, 0) is 0 Å². The summed E-state index contributed by atoms with van der Waals surface area (Å²) in [7, 11) is 1.57. The zero-order valence-electron chi connectivity index (χ0n) is 27.4. The van der Waals surface area contributed by atoms with Crippen LogP contribution in [0.15, 0.2) is 152 Å². The Labute approximate surface area is 293 Å². The van der Waals surface area contributed by atoms with E-state index in [0.29, 0.717) is 56.4 Å². The SMILES string of the molecule is COc1ccc2c3c(ccc(-c4nc(-c5ccccc5)nc(-c5ccc(-c6ccccc6)cc5)n4)c13)C(=O)N(c1ccc3ccccc3c1)C2=O. The third-order valence-corrected chi connectivity index (χ3v) is 9.36. The Morgan fingerprint density at radius 2 is 0.961 bits per heavy atom. The van der Waals surface area contributed by atoms with Gasteiger partial charge in [0.15, 0.2) is 17.5 Å². The molecule has 0 radical (unpaired) electrons. The van der Waals surface area contributed by atoms with Gasteiger partial charge in [-0.2, -0.15) is 0 Å². The second-order valence-electron chi connectivity index (χ2n) is 12.3. The highest BCUT2D eigenvalue weighted by atomic mass is 16.5. The summed E-state index contributed by atoms with van der Waals surface area (Å²) in [5.41, 5.74) is 5.76. The van der Waals surface area contributed by atoms with Gasteiger partial charge in [0.1, 0.15) is 5.75 Å². The van der Waals surface area contributed by atoms with Crippen molar-refractivity contribution in [1.82, 2.24) is 15.0 Å². The molecule has 7 nitrogen and oxygen atoms in total. The summed E-state index contributed by atoms with van der Waals surface area (Å²) < 4.78 is 5.88. The van der Waals surface area contributed by atoms with Crippen LogP contribution in [0.3, 0.4) is 0 Å². The average molecular weight is 661 g/mol. The maximum absolute atomic E-state index is 14.2. The number of fused-ring (bicyclic) bond motifs is 1. The van der Waals surface area contributed by atoms with Gasteiger partial charge in [-0.05, 0) is 58.3 Å². The fourth-order valence-corrected chi connectivity index (χ4v) is 6.84. The van der Waals surface area contributed by atoms with E-state index < -0.39 is 11.8 Å². The molecule has 0 bridgehead atoms. The number of anilines is 1. The minimum atomic E-state index is -0.410. The number of hydrogen-bond acceptors (Lipinski definition) is 6. The Hall–Kier alpha value is -6.99. The van der Waals surface area contributed by atoms with Crippen LogP contribution in [0, 0.1) is 0 Å². The summed E-state index contributed by atoms with van der Waals surface area (Å²) in [5, 5.41) is 3.05. The van der Waals surface area contributed by atoms with Crippen molar-refractivity contribution in [2.24, 2.45) is 0 Å². The van der Waals surface area contributed by atoms with Crippen molar-refractivity contribution < 1.29 is 14.3 Å². The molecular weight excluding hydrogens is 633 g/mol. The summed E-state index contributed by atoms with van der Waals surface area (Å²) in [4.78, 5) is 44.6. The maximum Gasteiger partial charge on any atom is 0.265 e. The van der Waals surface area contributed by atoms with Crippen molar-refractivity contribution in [2.45, 2.75) is 0 Å². The molecule has 0 atom stereocenters. The largest absolute Gasteiger partial charge is 0.496 e. The fourth-order valence-electron chi connectivity index (χ4n) is 6.84. The lowest BCUT2D eigenvalue weighted by atomic mass is 9.90. The number of methoxy groups -OCH3 is 1. The van der Waals surface area contributed by atoms with Gasteiger partial charge in [-0.25, -0.2) is 19.9 Å². The molecular formula is C44H28N4O3. The van der Waals surface area contributed by atoms with Gasteiger partial charge in [-0.1, -0.05) is 115 Å². The highest BCUT2D eigenvalue weighted by Gasteiger charge is 2.36. The summed E-state index contributed by atoms with van der Waals surface area (Å²) in [6.07, 6.45) is 0. The first-order chi connectivity index (χ1) is 25.1. The number of carbonyl (C=O) groups excluding carboxylic acids is 2. The molecule has 0 aliphatic carbocycles. The summed E-state index contributed by atoms with van der Waals surface area (Å²) in [5.74, 6) is 1.06. The number of benzene rings is 7. The lowest BCUT2D eigenvalue weighted by molar-refractivity contribution is 0.0893. The monoisotopic (exact) mass is 660 g/mol. The van der Waals surface area contributed by atoms with Gasteiger partial charge < -0.3 is 4.74 Å². The van der Waals surface area contributed by atoms with Crippen LogP contribution in [0.2, 0.25) is 0 Å². The molecule has 7 heteroatoms. The molecule has 8 aromatic rings.